The van der Waals surface area contributed by atoms with Gasteiger partial charge >= 0.3 is 6.18 Å². The van der Waals surface area contributed by atoms with Gasteiger partial charge in [0.25, 0.3) is 5.91 Å². The van der Waals surface area contributed by atoms with E-state index in [1.54, 1.807) is 0 Å². The smallest absolute Gasteiger partial charge is 0.368 e. The van der Waals surface area contributed by atoms with Crippen LogP contribution in [0.25, 0.3) is 0 Å². The van der Waals surface area contributed by atoms with Crippen LogP contribution in [0, 0.1) is 13.8 Å². The fourth-order valence-electron chi connectivity index (χ4n) is 4.08. The van der Waals surface area contributed by atoms with E-state index in [0.29, 0.717) is 38.3 Å². The van der Waals surface area contributed by atoms with Crippen molar-refractivity contribution < 1.29 is 26.4 Å². The molecule has 0 radical (unpaired) electrons. The summed E-state index contributed by atoms with van der Waals surface area (Å²) in [5, 5.41) is 2.63. The minimum absolute atomic E-state index is 0.245. The van der Waals surface area contributed by atoms with Gasteiger partial charge in [-0.15, -0.1) is 0 Å². The fourth-order valence-corrected chi connectivity index (χ4v) is 5.33. The number of rotatable bonds is 2. The molecular formula is C21H23F3N4O3S. The summed E-state index contributed by atoms with van der Waals surface area (Å²) < 4.78 is 66.4. The van der Waals surface area contributed by atoms with Gasteiger partial charge in [-0.05, 0) is 43.7 Å². The van der Waals surface area contributed by atoms with Gasteiger partial charge in [-0.25, -0.2) is 8.42 Å². The number of fused-ring (bicyclic) bond motifs is 1. The SMILES string of the molecule is Cc1ccc(N2CCN(C(=O)[C@H]3Nc4cc(C(F)(F)F)ccc4S(=O)(=O)N3)CC2)c(C)c1. The van der Waals surface area contributed by atoms with Gasteiger partial charge in [-0.3, -0.25) is 4.79 Å². The summed E-state index contributed by atoms with van der Waals surface area (Å²) in [6, 6.07) is 8.44. The lowest BCUT2D eigenvalue weighted by molar-refractivity contribution is -0.137. The van der Waals surface area contributed by atoms with E-state index in [1.165, 1.54) is 4.90 Å². The summed E-state index contributed by atoms with van der Waals surface area (Å²) in [6.07, 6.45) is -6.00. The third-order valence-corrected chi connectivity index (χ3v) is 7.18. The Morgan fingerprint density at radius 2 is 1.72 bits per heavy atom. The van der Waals surface area contributed by atoms with Gasteiger partial charge in [0, 0.05) is 31.9 Å². The second kappa shape index (κ2) is 7.96. The molecule has 1 fully saturated rings. The molecule has 2 N–H and O–H groups in total. The number of benzene rings is 2. The number of aryl methyl sites for hydroxylation is 2. The zero-order chi connectivity index (χ0) is 23.3. The van der Waals surface area contributed by atoms with Crippen LogP contribution in [-0.2, 0) is 21.0 Å². The molecule has 1 atom stereocenters. The topological polar surface area (TPSA) is 81.8 Å². The number of alkyl halides is 3. The maximum atomic E-state index is 13.1. The normalized spacial score (nSPS) is 20.5. The highest BCUT2D eigenvalue weighted by molar-refractivity contribution is 7.89. The fraction of sp³-hybridized carbons (Fsp3) is 0.381. The van der Waals surface area contributed by atoms with Crippen LogP contribution in [0.15, 0.2) is 41.3 Å². The van der Waals surface area contributed by atoms with Crippen LogP contribution in [0.2, 0.25) is 0 Å². The predicted octanol–water partition coefficient (Wildman–Crippen LogP) is 2.70. The van der Waals surface area contributed by atoms with E-state index in [-0.39, 0.29) is 10.6 Å². The van der Waals surface area contributed by atoms with Gasteiger partial charge in [-0.2, -0.15) is 17.9 Å². The lowest BCUT2D eigenvalue weighted by Gasteiger charge is -2.39. The van der Waals surface area contributed by atoms with E-state index in [4.69, 9.17) is 0 Å². The molecule has 0 aliphatic carbocycles. The van der Waals surface area contributed by atoms with Gasteiger partial charge < -0.3 is 15.1 Å². The average molecular weight is 469 g/mol. The van der Waals surface area contributed by atoms with E-state index >= 15 is 0 Å². The Bertz CT molecular complexity index is 1160. The zero-order valence-corrected chi connectivity index (χ0v) is 18.3. The lowest BCUT2D eigenvalue weighted by atomic mass is 10.1. The van der Waals surface area contributed by atoms with Crippen molar-refractivity contribution in [1.82, 2.24) is 9.62 Å². The van der Waals surface area contributed by atoms with Crippen LogP contribution < -0.4 is 14.9 Å². The number of nitrogens with one attached hydrogen (secondary N) is 2. The number of hydrogen-bond donors (Lipinski definition) is 2. The van der Waals surface area contributed by atoms with Crippen molar-refractivity contribution in [2.45, 2.75) is 31.1 Å². The van der Waals surface area contributed by atoms with Gasteiger partial charge in [0.05, 0.1) is 11.3 Å². The zero-order valence-electron chi connectivity index (χ0n) is 17.5. The number of carbonyl (C=O) groups is 1. The van der Waals surface area contributed by atoms with Gasteiger partial charge in [-0.1, -0.05) is 17.7 Å². The standard InChI is InChI=1S/C21H23F3N4O3S/c1-13-3-5-17(14(2)11-13)27-7-9-28(10-8-27)20(29)19-25-16-12-15(21(22,23)24)4-6-18(16)32(30,31)26-19/h3-6,11-12,19,25-26H,7-10H2,1-2H3/t19-/m0/s1. The second-order valence-electron chi connectivity index (χ2n) is 8.01. The first-order valence-corrected chi connectivity index (χ1v) is 11.6. The number of hydrogen-bond acceptors (Lipinski definition) is 5. The average Bonchev–Trinajstić information content (AvgIpc) is 2.72. The second-order valence-corrected chi connectivity index (χ2v) is 9.69. The first-order chi connectivity index (χ1) is 15.0. The predicted molar refractivity (Wildman–Crippen MR) is 114 cm³/mol. The highest BCUT2D eigenvalue weighted by Crippen LogP contribution is 2.35. The monoisotopic (exact) mass is 468 g/mol. The molecular weight excluding hydrogens is 445 g/mol. The molecule has 172 valence electrons. The van der Waals surface area contributed by atoms with Crippen molar-refractivity contribution in [1.29, 1.82) is 0 Å². The molecule has 0 saturated carbocycles. The van der Waals surface area contributed by atoms with Crippen LogP contribution in [0.4, 0.5) is 24.5 Å². The number of piperazine rings is 1. The van der Waals surface area contributed by atoms with Gasteiger partial charge in [0.15, 0.2) is 6.17 Å². The molecule has 7 nitrogen and oxygen atoms in total. The Kier molecular flexibility index (Phi) is 5.58. The summed E-state index contributed by atoms with van der Waals surface area (Å²) in [5.41, 5.74) is 2.13. The molecule has 0 aromatic heterocycles. The van der Waals surface area contributed by atoms with E-state index < -0.39 is 33.8 Å². The number of carbonyl (C=O) groups excluding carboxylic acids is 1. The molecule has 1 amide bonds. The Hall–Kier alpha value is -2.79. The van der Waals surface area contributed by atoms with Gasteiger partial charge in [0.1, 0.15) is 4.90 Å². The van der Waals surface area contributed by atoms with Crippen LogP contribution >= 0.6 is 0 Å². The van der Waals surface area contributed by atoms with Crippen molar-refractivity contribution in [3.05, 3.63) is 53.1 Å². The third-order valence-electron chi connectivity index (χ3n) is 5.70. The molecule has 2 aromatic carbocycles. The number of amides is 1. The number of sulfonamides is 1. The van der Waals surface area contributed by atoms with Crippen molar-refractivity contribution >= 4 is 27.3 Å². The number of nitrogens with zero attached hydrogens (tertiary/aromatic N) is 2. The maximum Gasteiger partial charge on any atom is 0.416 e. The quantitative estimate of drug-likeness (QED) is 0.709. The molecule has 11 heteroatoms. The summed E-state index contributed by atoms with van der Waals surface area (Å²) in [4.78, 5) is 16.3. The molecule has 1 saturated heterocycles. The maximum absolute atomic E-state index is 13.1. The molecule has 2 aliphatic rings. The summed E-state index contributed by atoms with van der Waals surface area (Å²) >= 11 is 0. The van der Waals surface area contributed by atoms with Crippen molar-refractivity contribution in [3.63, 3.8) is 0 Å². The highest BCUT2D eigenvalue weighted by atomic mass is 32.2. The van der Waals surface area contributed by atoms with Crippen molar-refractivity contribution in [2.24, 2.45) is 0 Å². The molecule has 2 aromatic rings. The molecule has 4 rings (SSSR count). The molecule has 0 unspecified atom stereocenters. The van der Waals surface area contributed by atoms with E-state index in [9.17, 15) is 26.4 Å². The Labute approximate surface area is 184 Å². The minimum atomic E-state index is -4.63. The minimum Gasteiger partial charge on any atom is -0.368 e. The number of halogens is 3. The Balaban J connectivity index is 1.49. The van der Waals surface area contributed by atoms with Crippen molar-refractivity contribution in [2.75, 3.05) is 36.4 Å². The highest BCUT2D eigenvalue weighted by Gasteiger charge is 2.38. The first kappa shape index (κ1) is 22.4. The Morgan fingerprint density at radius 1 is 1.03 bits per heavy atom. The van der Waals surface area contributed by atoms with Crippen molar-refractivity contribution in [3.8, 4) is 0 Å². The summed E-state index contributed by atoms with van der Waals surface area (Å²) in [7, 11) is -4.14. The largest absolute Gasteiger partial charge is 0.416 e. The van der Waals surface area contributed by atoms with Gasteiger partial charge in [0.2, 0.25) is 10.0 Å². The molecule has 32 heavy (non-hydrogen) atoms. The van der Waals surface area contributed by atoms with E-state index in [1.807, 2.05) is 26.0 Å². The Morgan fingerprint density at radius 3 is 2.34 bits per heavy atom. The van der Waals surface area contributed by atoms with Crippen LogP contribution in [-0.4, -0.2) is 51.6 Å². The van der Waals surface area contributed by atoms with E-state index in [0.717, 1.165) is 22.9 Å². The summed E-state index contributed by atoms with van der Waals surface area (Å²) in [6.45, 7) is 5.88. The lowest BCUT2D eigenvalue weighted by Crippen LogP contribution is -2.58. The van der Waals surface area contributed by atoms with Crippen LogP contribution in [0.3, 0.4) is 0 Å². The van der Waals surface area contributed by atoms with Crippen LogP contribution in [0.5, 0.6) is 0 Å². The molecule has 2 heterocycles. The third kappa shape index (κ3) is 4.26. The summed E-state index contributed by atoms with van der Waals surface area (Å²) in [5.74, 6) is -0.531. The molecule has 0 bridgehead atoms. The van der Waals surface area contributed by atoms with E-state index in [2.05, 4.69) is 21.0 Å². The number of anilines is 2. The first-order valence-electron chi connectivity index (χ1n) is 10.1. The molecule has 2 aliphatic heterocycles. The van der Waals surface area contributed by atoms with Crippen LogP contribution in [0.1, 0.15) is 16.7 Å². The molecule has 0 spiro atoms.